The van der Waals surface area contributed by atoms with Crippen molar-refractivity contribution in [2.75, 3.05) is 26.0 Å². The first-order chi connectivity index (χ1) is 15.3. The van der Waals surface area contributed by atoms with Crippen LogP contribution in [0.3, 0.4) is 0 Å². The molecule has 3 aromatic rings. The number of likely N-dealkylation sites (N-methyl/N-ethyl adjacent to an activating group) is 1. The quantitative estimate of drug-likeness (QED) is 0.611. The molecule has 32 heavy (non-hydrogen) atoms. The summed E-state index contributed by atoms with van der Waals surface area (Å²) in [4.78, 5) is 26.5. The fourth-order valence-electron chi connectivity index (χ4n) is 4.09. The average molecular weight is 431 g/mol. The van der Waals surface area contributed by atoms with E-state index in [2.05, 4.69) is 20.5 Å². The number of aromatic nitrogens is 2. The van der Waals surface area contributed by atoms with Crippen molar-refractivity contribution >= 4 is 17.7 Å². The third-order valence-electron chi connectivity index (χ3n) is 5.83. The highest BCUT2D eigenvalue weighted by atomic mass is 16.2. The topological polar surface area (TPSA) is 73.4 Å². The van der Waals surface area contributed by atoms with Gasteiger partial charge in [-0.05, 0) is 45.6 Å². The molecule has 2 amide bonds. The highest BCUT2D eigenvalue weighted by molar-refractivity contribution is 5.77. The summed E-state index contributed by atoms with van der Waals surface area (Å²) in [5, 5.41) is 6.47. The van der Waals surface area contributed by atoms with Crippen molar-refractivity contribution < 1.29 is 4.79 Å². The van der Waals surface area contributed by atoms with E-state index in [1.54, 1.807) is 0 Å². The van der Waals surface area contributed by atoms with Gasteiger partial charge in [-0.3, -0.25) is 0 Å². The standard InChI is InChI=1S/C25H30N6O/c1-25(2)20-15-26-23(27-19-13-9-6-10-14-19)28-22(20)17-31(25)24(32)29-21(16-30(3)4)18-11-7-5-8-12-18/h5-15,21H,16-17H2,1-4H3,(H,29,32)(H,26,27,28)/t21-/m0/s1. The zero-order valence-electron chi connectivity index (χ0n) is 19.0. The van der Waals surface area contributed by atoms with Crippen LogP contribution in [0.4, 0.5) is 16.4 Å². The fraction of sp³-hybridized carbons (Fsp3) is 0.320. The number of rotatable bonds is 6. The minimum absolute atomic E-state index is 0.110. The first-order valence-electron chi connectivity index (χ1n) is 10.8. The van der Waals surface area contributed by atoms with Crippen LogP contribution < -0.4 is 10.6 Å². The molecule has 1 atom stereocenters. The lowest BCUT2D eigenvalue weighted by Gasteiger charge is -2.34. The van der Waals surface area contributed by atoms with Crippen molar-refractivity contribution in [1.82, 2.24) is 25.1 Å². The van der Waals surface area contributed by atoms with E-state index in [0.717, 1.165) is 22.5 Å². The van der Waals surface area contributed by atoms with E-state index in [9.17, 15) is 4.79 Å². The Kier molecular flexibility index (Phi) is 6.10. The van der Waals surface area contributed by atoms with Gasteiger partial charge < -0.3 is 20.4 Å². The second-order valence-corrected chi connectivity index (χ2v) is 8.87. The molecule has 0 radical (unpaired) electrons. The number of amides is 2. The molecule has 4 rings (SSSR count). The predicted octanol–water partition coefficient (Wildman–Crippen LogP) is 4.28. The number of hydrogen-bond acceptors (Lipinski definition) is 5. The van der Waals surface area contributed by atoms with E-state index in [4.69, 9.17) is 4.98 Å². The molecule has 1 aliphatic rings. The third kappa shape index (κ3) is 4.57. The van der Waals surface area contributed by atoms with Gasteiger partial charge in [-0.25, -0.2) is 14.8 Å². The van der Waals surface area contributed by atoms with Gasteiger partial charge in [0, 0.05) is 24.0 Å². The van der Waals surface area contributed by atoms with Crippen LogP contribution in [-0.2, 0) is 12.1 Å². The number of nitrogens with zero attached hydrogens (tertiary/aromatic N) is 4. The molecule has 0 bridgehead atoms. The number of urea groups is 1. The molecule has 2 N–H and O–H groups in total. The van der Waals surface area contributed by atoms with Crippen molar-refractivity contribution in [2.24, 2.45) is 0 Å². The molecule has 0 saturated carbocycles. The van der Waals surface area contributed by atoms with Crippen LogP contribution in [0.1, 0.15) is 36.7 Å². The van der Waals surface area contributed by atoms with Gasteiger partial charge in [-0.15, -0.1) is 0 Å². The minimum Gasteiger partial charge on any atom is -0.330 e. The first-order valence-corrected chi connectivity index (χ1v) is 10.8. The predicted molar refractivity (Wildman–Crippen MR) is 127 cm³/mol. The Bertz CT molecular complexity index is 1070. The lowest BCUT2D eigenvalue weighted by molar-refractivity contribution is 0.140. The van der Waals surface area contributed by atoms with Crippen LogP contribution in [0.2, 0.25) is 0 Å². The molecular formula is C25H30N6O. The number of anilines is 2. The maximum atomic E-state index is 13.4. The summed E-state index contributed by atoms with van der Waals surface area (Å²) in [5.41, 5.74) is 3.33. The van der Waals surface area contributed by atoms with Gasteiger partial charge in [-0.1, -0.05) is 48.5 Å². The maximum Gasteiger partial charge on any atom is 0.319 e. The van der Waals surface area contributed by atoms with E-state index in [-0.39, 0.29) is 12.1 Å². The number of para-hydroxylation sites is 1. The number of carbonyl (C=O) groups excluding carboxylic acids is 1. The monoisotopic (exact) mass is 430 g/mol. The SMILES string of the molecule is CN(C)C[C@H](NC(=O)N1Cc2nc(Nc3ccccc3)ncc2C1(C)C)c1ccccc1. The summed E-state index contributed by atoms with van der Waals surface area (Å²) >= 11 is 0. The number of hydrogen-bond donors (Lipinski definition) is 2. The molecule has 7 heteroatoms. The van der Waals surface area contributed by atoms with Crippen LogP contribution in [0, 0.1) is 0 Å². The second-order valence-electron chi connectivity index (χ2n) is 8.87. The lowest BCUT2D eigenvalue weighted by atomic mass is 9.97. The van der Waals surface area contributed by atoms with E-state index >= 15 is 0 Å². The zero-order chi connectivity index (χ0) is 22.7. The number of fused-ring (bicyclic) bond motifs is 1. The number of carbonyl (C=O) groups is 1. The summed E-state index contributed by atoms with van der Waals surface area (Å²) in [6.07, 6.45) is 1.83. The lowest BCUT2D eigenvalue weighted by Crippen LogP contribution is -2.48. The molecule has 2 heterocycles. The van der Waals surface area contributed by atoms with Crippen LogP contribution in [-0.4, -0.2) is 46.4 Å². The Labute approximate surface area is 189 Å². The van der Waals surface area contributed by atoms with Gasteiger partial charge in [0.2, 0.25) is 5.95 Å². The molecule has 0 unspecified atom stereocenters. The van der Waals surface area contributed by atoms with Crippen LogP contribution in [0.25, 0.3) is 0 Å². The first kappa shape index (κ1) is 21.8. The highest BCUT2D eigenvalue weighted by Crippen LogP contribution is 2.38. The van der Waals surface area contributed by atoms with E-state index in [1.807, 2.05) is 99.7 Å². The van der Waals surface area contributed by atoms with Crippen molar-refractivity contribution in [3.63, 3.8) is 0 Å². The van der Waals surface area contributed by atoms with Gasteiger partial charge in [0.05, 0.1) is 23.8 Å². The van der Waals surface area contributed by atoms with Crippen molar-refractivity contribution in [1.29, 1.82) is 0 Å². The van der Waals surface area contributed by atoms with E-state index < -0.39 is 5.54 Å². The maximum absolute atomic E-state index is 13.4. The Hall–Kier alpha value is -3.45. The van der Waals surface area contributed by atoms with Crippen molar-refractivity contribution in [3.05, 3.63) is 83.7 Å². The number of benzene rings is 2. The van der Waals surface area contributed by atoms with E-state index in [0.29, 0.717) is 19.0 Å². The molecule has 0 fully saturated rings. The molecule has 7 nitrogen and oxygen atoms in total. The highest BCUT2D eigenvalue weighted by Gasteiger charge is 2.42. The fourth-order valence-corrected chi connectivity index (χ4v) is 4.09. The molecule has 0 aliphatic carbocycles. The smallest absolute Gasteiger partial charge is 0.319 e. The molecule has 0 saturated heterocycles. The van der Waals surface area contributed by atoms with Crippen LogP contribution in [0.5, 0.6) is 0 Å². The minimum atomic E-state index is -0.510. The largest absolute Gasteiger partial charge is 0.330 e. The Balaban J connectivity index is 1.53. The Morgan fingerprint density at radius 2 is 1.75 bits per heavy atom. The van der Waals surface area contributed by atoms with Crippen molar-refractivity contribution in [2.45, 2.75) is 32.0 Å². The van der Waals surface area contributed by atoms with Crippen molar-refractivity contribution in [3.8, 4) is 0 Å². The zero-order valence-corrected chi connectivity index (χ0v) is 19.0. The molecule has 1 aromatic heterocycles. The summed E-state index contributed by atoms with van der Waals surface area (Å²) in [5.74, 6) is 0.530. The molecule has 0 spiro atoms. The Morgan fingerprint density at radius 1 is 1.09 bits per heavy atom. The average Bonchev–Trinajstić information content (AvgIpc) is 3.04. The van der Waals surface area contributed by atoms with Gasteiger partial charge in [0.15, 0.2) is 0 Å². The molecular weight excluding hydrogens is 400 g/mol. The van der Waals surface area contributed by atoms with Crippen LogP contribution in [0.15, 0.2) is 66.9 Å². The van der Waals surface area contributed by atoms with Crippen LogP contribution >= 0.6 is 0 Å². The Morgan fingerprint density at radius 3 is 2.41 bits per heavy atom. The van der Waals surface area contributed by atoms with Gasteiger partial charge in [-0.2, -0.15) is 0 Å². The summed E-state index contributed by atoms with van der Waals surface area (Å²) in [7, 11) is 4.02. The number of nitrogens with one attached hydrogen (secondary N) is 2. The molecule has 1 aliphatic heterocycles. The summed E-state index contributed by atoms with van der Waals surface area (Å²) in [6.45, 7) is 5.22. The van der Waals surface area contributed by atoms with Gasteiger partial charge in [0.1, 0.15) is 0 Å². The normalized spacial score (nSPS) is 15.3. The third-order valence-corrected chi connectivity index (χ3v) is 5.83. The molecule has 2 aromatic carbocycles. The van der Waals surface area contributed by atoms with E-state index in [1.165, 1.54) is 0 Å². The van der Waals surface area contributed by atoms with Gasteiger partial charge in [0.25, 0.3) is 0 Å². The summed E-state index contributed by atoms with van der Waals surface area (Å²) < 4.78 is 0. The second kappa shape index (κ2) is 8.96. The molecule has 166 valence electrons. The summed E-state index contributed by atoms with van der Waals surface area (Å²) in [6, 6.07) is 19.7. The van der Waals surface area contributed by atoms with Gasteiger partial charge >= 0.3 is 6.03 Å².